The zero-order chi connectivity index (χ0) is 13.3. The van der Waals surface area contributed by atoms with Crippen LogP contribution in [0.1, 0.15) is 26.7 Å². The number of nitrogens with zero attached hydrogens (tertiary/aromatic N) is 1. The Morgan fingerprint density at radius 3 is 2.18 bits per heavy atom. The van der Waals surface area contributed by atoms with Crippen molar-refractivity contribution < 1.29 is 23.1 Å². The van der Waals surface area contributed by atoms with Gasteiger partial charge in [0.25, 0.3) is 0 Å². The first-order valence-corrected chi connectivity index (χ1v) is 5.64. The summed E-state index contributed by atoms with van der Waals surface area (Å²) in [5.74, 6) is -4.06. The predicted molar refractivity (Wildman–Crippen MR) is 56.6 cm³/mol. The molecule has 0 amide bonds. The second-order valence-corrected chi connectivity index (χ2v) is 5.40. The minimum absolute atomic E-state index is 0.146. The Balaban J connectivity index is 2.56. The summed E-state index contributed by atoms with van der Waals surface area (Å²) >= 11 is 0. The van der Waals surface area contributed by atoms with Gasteiger partial charge in [0.05, 0.1) is 0 Å². The topological polar surface area (TPSA) is 40.5 Å². The third kappa shape index (κ3) is 4.18. The molecule has 1 saturated heterocycles. The van der Waals surface area contributed by atoms with E-state index in [9.17, 15) is 18.0 Å². The van der Waals surface area contributed by atoms with Gasteiger partial charge >= 0.3 is 12.1 Å². The Bertz CT molecular complexity index is 279. The molecule has 1 aliphatic rings. The zero-order valence-electron chi connectivity index (χ0n) is 10.0. The van der Waals surface area contributed by atoms with Gasteiger partial charge in [-0.05, 0) is 31.3 Å². The summed E-state index contributed by atoms with van der Waals surface area (Å²) in [7, 11) is 0. The van der Waals surface area contributed by atoms with Gasteiger partial charge in [-0.3, -0.25) is 4.79 Å². The highest BCUT2D eigenvalue weighted by atomic mass is 19.4. The number of aliphatic carboxylic acids is 1. The molecule has 1 aliphatic heterocycles. The van der Waals surface area contributed by atoms with E-state index in [1.165, 1.54) is 0 Å². The fraction of sp³-hybridized carbons (Fsp3) is 0.909. The van der Waals surface area contributed by atoms with Gasteiger partial charge in [0.2, 0.25) is 0 Å². The van der Waals surface area contributed by atoms with Gasteiger partial charge in [0.1, 0.15) is 0 Å². The summed E-state index contributed by atoms with van der Waals surface area (Å²) in [5.41, 5.74) is 0.146. The Hall–Kier alpha value is -0.780. The van der Waals surface area contributed by atoms with Gasteiger partial charge in [0.15, 0.2) is 5.92 Å². The Morgan fingerprint density at radius 2 is 1.82 bits per heavy atom. The van der Waals surface area contributed by atoms with Gasteiger partial charge in [0, 0.05) is 6.54 Å². The van der Waals surface area contributed by atoms with E-state index in [1.54, 1.807) is 4.90 Å². The van der Waals surface area contributed by atoms with Crippen LogP contribution in [0.5, 0.6) is 0 Å². The molecule has 0 radical (unpaired) electrons. The van der Waals surface area contributed by atoms with E-state index >= 15 is 0 Å². The van der Waals surface area contributed by atoms with Crippen molar-refractivity contribution in [2.24, 2.45) is 11.3 Å². The summed E-state index contributed by atoms with van der Waals surface area (Å²) < 4.78 is 37.4. The van der Waals surface area contributed by atoms with Gasteiger partial charge in [-0.15, -0.1) is 0 Å². The van der Waals surface area contributed by atoms with Crippen LogP contribution in [-0.4, -0.2) is 41.8 Å². The molecule has 0 aromatic carbocycles. The molecule has 100 valence electrons. The minimum atomic E-state index is -4.67. The molecule has 1 N–H and O–H groups in total. The van der Waals surface area contributed by atoms with Crippen LogP contribution < -0.4 is 0 Å². The lowest BCUT2D eigenvalue weighted by Gasteiger charge is -2.38. The van der Waals surface area contributed by atoms with Crippen LogP contribution in [0.2, 0.25) is 0 Å². The molecule has 17 heavy (non-hydrogen) atoms. The molecule has 0 aliphatic carbocycles. The quantitative estimate of drug-likeness (QED) is 0.839. The van der Waals surface area contributed by atoms with Crippen molar-refractivity contribution in [2.75, 3.05) is 19.6 Å². The van der Waals surface area contributed by atoms with Crippen molar-refractivity contribution in [3.05, 3.63) is 0 Å². The monoisotopic (exact) mass is 253 g/mol. The first-order valence-electron chi connectivity index (χ1n) is 5.64. The van der Waals surface area contributed by atoms with Crippen molar-refractivity contribution >= 4 is 5.97 Å². The highest BCUT2D eigenvalue weighted by Gasteiger charge is 2.46. The molecule has 1 heterocycles. The maximum atomic E-state index is 12.5. The van der Waals surface area contributed by atoms with Crippen molar-refractivity contribution in [2.45, 2.75) is 32.9 Å². The number of carboxylic acid groups (broad SMARTS) is 1. The van der Waals surface area contributed by atoms with E-state index in [0.29, 0.717) is 13.1 Å². The number of piperidine rings is 1. The summed E-state index contributed by atoms with van der Waals surface area (Å²) in [6, 6.07) is 0. The van der Waals surface area contributed by atoms with Crippen LogP contribution in [0.3, 0.4) is 0 Å². The molecule has 1 atom stereocenters. The van der Waals surface area contributed by atoms with E-state index in [0.717, 1.165) is 12.8 Å². The largest absolute Gasteiger partial charge is 0.481 e. The molecule has 1 rings (SSSR count). The second-order valence-electron chi connectivity index (χ2n) is 5.40. The van der Waals surface area contributed by atoms with Gasteiger partial charge in [-0.1, -0.05) is 13.8 Å². The van der Waals surface area contributed by atoms with Gasteiger partial charge < -0.3 is 10.0 Å². The molecule has 0 saturated carbocycles. The number of carbonyl (C=O) groups is 1. The zero-order valence-corrected chi connectivity index (χ0v) is 10.0. The van der Waals surface area contributed by atoms with Crippen molar-refractivity contribution in [3.8, 4) is 0 Å². The third-order valence-electron chi connectivity index (χ3n) is 3.34. The second kappa shape index (κ2) is 4.84. The molecular formula is C11H18F3NO2. The Kier molecular flexibility index (Phi) is 4.06. The lowest BCUT2D eigenvalue weighted by atomic mass is 9.82. The summed E-state index contributed by atoms with van der Waals surface area (Å²) in [5, 5.41) is 8.60. The van der Waals surface area contributed by atoms with E-state index < -0.39 is 24.6 Å². The molecule has 0 aromatic rings. The fourth-order valence-electron chi connectivity index (χ4n) is 1.92. The van der Waals surface area contributed by atoms with Crippen LogP contribution >= 0.6 is 0 Å². The van der Waals surface area contributed by atoms with Gasteiger partial charge in [-0.25, -0.2) is 0 Å². The summed E-state index contributed by atoms with van der Waals surface area (Å²) in [4.78, 5) is 12.2. The average molecular weight is 253 g/mol. The van der Waals surface area contributed by atoms with E-state index in [1.807, 2.05) is 0 Å². The summed E-state index contributed by atoms with van der Waals surface area (Å²) in [6.07, 6.45) is -3.06. The molecule has 3 nitrogen and oxygen atoms in total. The maximum absolute atomic E-state index is 12.5. The normalized spacial score (nSPS) is 23.4. The molecule has 0 bridgehead atoms. The number of halogens is 3. The van der Waals surface area contributed by atoms with Crippen molar-refractivity contribution in [3.63, 3.8) is 0 Å². The lowest BCUT2D eigenvalue weighted by molar-refractivity contribution is -0.197. The fourth-order valence-corrected chi connectivity index (χ4v) is 1.92. The highest BCUT2D eigenvalue weighted by molar-refractivity contribution is 5.71. The molecule has 0 aromatic heterocycles. The molecular weight excluding hydrogens is 235 g/mol. The van der Waals surface area contributed by atoms with Crippen molar-refractivity contribution in [1.29, 1.82) is 0 Å². The number of alkyl halides is 3. The number of hydrogen-bond acceptors (Lipinski definition) is 2. The predicted octanol–water partition coefficient (Wildman–Crippen LogP) is 2.37. The number of hydrogen-bond donors (Lipinski definition) is 1. The number of likely N-dealkylation sites (tertiary alicyclic amines) is 1. The highest BCUT2D eigenvalue weighted by Crippen LogP contribution is 2.32. The summed E-state index contributed by atoms with van der Waals surface area (Å²) in [6.45, 7) is 4.78. The van der Waals surface area contributed by atoms with E-state index in [2.05, 4.69) is 13.8 Å². The maximum Gasteiger partial charge on any atom is 0.403 e. The minimum Gasteiger partial charge on any atom is -0.481 e. The lowest BCUT2D eigenvalue weighted by Crippen LogP contribution is -2.45. The van der Waals surface area contributed by atoms with Crippen LogP contribution in [0, 0.1) is 11.3 Å². The van der Waals surface area contributed by atoms with E-state index in [-0.39, 0.29) is 5.41 Å². The van der Waals surface area contributed by atoms with Crippen LogP contribution in [0.25, 0.3) is 0 Å². The number of rotatable bonds is 3. The Labute approximate surface area is 98.6 Å². The van der Waals surface area contributed by atoms with Gasteiger partial charge in [-0.2, -0.15) is 13.2 Å². The van der Waals surface area contributed by atoms with E-state index in [4.69, 9.17) is 5.11 Å². The SMILES string of the molecule is CC1(C)CCN(CC(C(=O)O)C(F)(F)F)CC1. The first kappa shape index (κ1) is 14.3. The number of carboxylic acids is 1. The Morgan fingerprint density at radius 1 is 1.35 bits per heavy atom. The first-order chi connectivity index (χ1) is 7.62. The molecule has 1 fully saturated rings. The van der Waals surface area contributed by atoms with Crippen LogP contribution in [-0.2, 0) is 4.79 Å². The smallest absolute Gasteiger partial charge is 0.403 e. The third-order valence-corrected chi connectivity index (χ3v) is 3.34. The van der Waals surface area contributed by atoms with Crippen molar-refractivity contribution in [1.82, 2.24) is 4.90 Å². The standard InChI is InChI=1S/C11H18F3NO2/c1-10(2)3-5-15(6-4-10)7-8(9(16)17)11(12,13)14/h8H,3-7H2,1-2H3,(H,16,17). The molecule has 6 heteroatoms. The molecule has 0 spiro atoms. The average Bonchev–Trinajstić information content (AvgIpc) is 2.13. The van der Waals surface area contributed by atoms with Crippen LogP contribution in [0.15, 0.2) is 0 Å². The van der Waals surface area contributed by atoms with Crippen LogP contribution in [0.4, 0.5) is 13.2 Å². The molecule has 1 unspecified atom stereocenters.